The second kappa shape index (κ2) is 10.1. The molecule has 0 nitrogen and oxygen atoms in total. The minimum atomic E-state index is -0.477. The number of hydrogen-bond acceptors (Lipinski definition) is 6. The molecule has 6 heteroatoms. The van der Waals surface area contributed by atoms with Crippen molar-refractivity contribution in [2.75, 3.05) is 0 Å². The van der Waals surface area contributed by atoms with Gasteiger partial charge in [0.25, 0.3) is 0 Å². The van der Waals surface area contributed by atoms with Crippen LogP contribution in [0.25, 0.3) is 20.9 Å². The van der Waals surface area contributed by atoms with Crippen LogP contribution in [0.15, 0.2) is 140 Å². The van der Waals surface area contributed by atoms with Crippen molar-refractivity contribution in [3.63, 3.8) is 0 Å². The zero-order valence-electron chi connectivity index (χ0n) is 21.8. The summed E-state index contributed by atoms with van der Waals surface area (Å²) in [5.41, 5.74) is 8.07. The fraction of sp³-hybridized carbons (Fsp3) is 0.0286. The molecule has 0 N–H and O–H groups in total. The van der Waals surface area contributed by atoms with Gasteiger partial charge in [-0.05, 0) is 90.8 Å². The molecule has 0 spiro atoms. The van der Waals surface area contributed by atoms with E-state index in [4.69, 9.17) is 6.58 Å². The van der Waals surface area contributed by atoms with Crippen LogP contribution in [0.4, 0.5) is 0 Å². The van der Waals surface area contributed by atoms with Crippen LogP contribution in [0.1, 0.15) is 31.3 Å². The molecule has 41 heavy (non-hydrogen) atoms. The van der Waals surface area contributed by atoms with Crippen LogP contribution in [-0.4, -0.2) is 0 Å². The van der Waals surface area contributed by atoms with E-state index < -0.39 is 5.41 Å². The van der Waals surface area contributed by atoms with E-state index in [-0.39, 0.29) is 0 Å². The molecule has 6 aromatic rings. The highest BCUT2D eigenvalue weighted by atomic mass is 32.2. The number of thiophene rings is 5. The lowest BCUT2D eigenvalue weighted by Gasteiger charge is -2.35. The molecule has 0 unspecified atom stereocenters. The van der Waals surface area contributed by atoms with Crippen LogP contribution >= 0.6 is 68.4 Å². The van der Waals surface area contributed by atoms with E-state index in [1.54, 1.807) is 11.3 Å². The number of fused-ring (bicyclic) bond motifs is 4. The molecule has 5 heterocycles. The van der Waals surface area contributed by atoms with Gasteiger partial charge in [0.05, 0.1) is 4.21 Å². The smallest absolute Gasteiger partial charge is 0.105 e. The predicted octanol–water partition coefficient (Wildman–Crippen LogP) is 12.1. The summed E-state index contributed by atoms with van der Waals surface area (Å²) in [6.45, 7) is 9.18. The Balaban J connectivity index is 1.58. The van der Waals surface area contributed by atoms with Crippen LogP contribution in [-0.2, 0) is 5.41 Å². The molecule has 0 radical (unpaired) electrons. The number of hydrogen-bond donors (Lipinski definition) is 0. The summed E-state index contributed by atoms with van der Waals surface area (Å²) in [5, 5.41) is 8.79. The van der Waals surface area contributed by atoms with Gasteiger partial charge in [0.1, 0.15) is 5.41 Å². The minimum Gasteiger partial charge on any atom is -0.147 e. The monoisotopic (exact) mass is 634 g/mol. The molecule has 2 aliphatic rings. The van der Waals surface area contributed by atoms with E-state index in [1.807, 2.05) is 57.1 Å². The summed E-state index contributed by atoms with van der Waals surface area (Å²) in [6.07, 6.45) is 2.09. The lowest BCUT2D eigenvalue weighted by Crippen LogP contribution is -2.29. The van der Waals surface area contributed by atoms with Gasteiger partial charge in [-0.3, -0.25) is 0 Å². The van der Waals surface area contributed by atoms with Gasteiger partial charge in [0, 0.05) is 29.3 Å². The van der Waals surface area contributed by atoms with E-state index in [1.165, 1.54) is 66.9 Å². The normalized spacial score (nSPS) is 15.6. The van der Waals surface area contributed by atoms with Gasteiger partial charge in [-0.1, -0.05) is 79.5 Å². The van der Waals surface area contributed by atoms with Crippen LogP contribution in [0.5, 0.6) is 0 Å². The van der Waals surface area contributed by atoms with E-state index in [0.29, 0.717) is 0 Å². The van der Waals surface area contributed by atoms with Crippen LogP contribution < -0.4 is 0 Å². The summed E-state index contributed by atoms with van der Waals surface area (Å²) in [5.74, 6) is 0. The molecule has 8 rings (SSSR count). The van der Waals surface area contributed by atoms with Gasteiger partial charge in [-0.2, -0.15) is 0 Å². The van der Waals surface area contributed by atoms with Gasteiger partial charge in [0.15, 0.2) is 0 Å². The van der Waals surface area contributed by atoms with Crippen molar-refractivity contribution in [2.24, 2.45) is 0 Å². The van der Waals surface area contributed by atoms with Crippen molar-refractivity contribution in [3.05, 3.63) is 167 Å². The third-order valence-corrected chi connectivity index (χ3v) is 14.3. The Hall–Kier alpha value is -2.97. The minimum absolute atomic E-state index is 0.477. The third-order valence-electron chi connectivity index (χ3n) is 7.72. The summed E-state index contributed by atoms with van der Waals surface area (Å²) in [7, 11) is 0. The van der Waals surface area contributed by atoms with Crippen LogP contribution in [0.3, 0.4) is 0 Å². The van der Waals surface area contributed by atoms with Gasteiger partial charge in [-0.25, -0.2) is 0 Å². The highest BCUT2D eigenvalue weighted by molar-refractivity contribution is 8.05. The number of benzene rings is 1. The quantitative estimate of drug-likeness (QED) is 0.176. The average molecular weight is 635 g/mol. The fourth-order valence-corrected chi connectivity index (χ4v) is 12.8. The van der Waals surface area contributed by atoms with Crippen molar-refractivity contribution in [1.82, 2.24) is 0 Å². The average Bonchev–Trinajstić information content (AvgIpc) is 3.82. The highest BCUT2D eigenvalue weighted by Crippen LogP contribution is 2.64. The molecule has 5 aromatic heterocycles. The SMILES string of the molecule is C=CC1=C(Sc2cccs2)C(c2cccs2)(c2cccs2)c2sc(-c3cccs3)cc2C2=C1C(=C)c1ccccc12. The molecule has 0 saturated heterocycles. The molecule has 0 bridgehead atoms. The predicted molar refractivity (Wildman–Crippen MR) is 185 cm³/mol. The van der Waals surface area contributed by atoms with Crippen molar-refractivity contribution >= 4 is 79.6 Å². The second-order valence-electron chi connectivity index (χ2n) is 9.79. The van der Waals surface area contributed by atoms with E-state index >= 15 is 0 Å². The number of rotatable bonds is 6. The van der Waals surface area contributed by atoms with Crippen molar-refractivity contribution in [2.45, 2.75) is 9.62 Å². The highest BCUT2D eigenvalue weighted by Gasteiger charge is 2.50. The lowest BCUT2D eigenvalue weighted by molar-refractivity contribution is 0.820. The number of allylic oxidation sites excluding steroid dienone is 5. The molecule has 1 aromatic carbocycles. The van der Waals surface area contributed by atoms with Gasteiger partial charge in [-0.15, -0.1) is 56.7 Å². The van der Waals surface area contributed by atoms with Crippen LogP contribution in [0, 0.1) is 0 Å². The van der Waals surface area contributed by atoms with E-state index in [9.17, 15) is 0 Å². The largest absolute Gasteiger partial charge is 0.147 e. The van der Waals surface area contributed by atoms with Crippen molar-refractivity contribution in [1.29, 1.82) is 0 Å². The summed E-state index contributed by atoms with van der Waals surface area (Å²) >= 11 is 11.1. The Morgan fingerprint density at radius 3 is 1.98 bits per heavy atom. The Bertz CT molecular complexity index is 1940. The molecular weight excluding hydrogens is 613 g/mol. The standard InChI is InChI=1S/C35H22S6/c1-3-22-31-21(2)23-10-4-5-11-24(23)32(31)25-20-27(26-12-6-16-36-26)40-34(25)35(28-13-7-17-37-28,29-14-8-18-38-29)33(22)41-30-15-9-19-39-30/h3-20H,1-2H2. The first-order valence-electron chi connectivity index (χ1n) is 13.1. The maximum Gasteiger partial charge on any atom is 0.105 e. The first kappa shape index (κ1) is 25.7. The molecule has 0 aliphatic heterocycles. The third kappa shape index (κ3) is 3.75. The molecule has 0 atom stereocenters. The van der Waals surface area contributed by atoms with Crippen molar-refractivity contribution < 1.29 is 0 Å². The Morgan fingerprint density at radius 2 is 1.34 bits per heavy atom. The molecule has 0 amide bonds. The summed E-state index contributed by atoms with van der Waals surface area (Å²) < 4.78 is 1.28. The van der Waals surface area contributed by atoms with Gasteiger partial charge < -0.3 is 0 Å². The second-order valence-corrected chi connectivity index (χ2v) is 15.9. The first-order valence-corrected chi connectivity index (χ1v) is 18.3. The van der Waals surface area contributed by atoms with Gasteiger partial charge in [0.2, 0.25) is 0 Å². The maximum absolute atomic E-state index is 4.72. The Kier molecular flexibility index (Phi) is 6.33. The first-order chi connectivity index (χ1) is 20.2. The molecule has 2 aliphatic carbocycles. The Morgan fingerprint density at radius 1 is 0.659 bits per heavy atom. The van der Waals surface area contributed by atoms with Crippen molar-refractivity contribution in [3.8, 4) is 9.75 Å². The molecular formula is C35H22S6. The van der Waals surface area contributed by atoms with E-state index in [2.05, 4.69) is 113 Å². The summed E-state index contributed by atoms with van der Waals surface area (Å²) in [4.78, 5) is 7.96. The molecule has 0 saturated carbocycles. The summed E-state index contributed by atoms with van der Waals surface area (Å²) in [6, 6.07) is 29.1. The lowest BCUT2D eigenvalue weighted by atomic mass is 9.78. The fourth-order valence-electron chi connectivity index (χ4n) is 6.08. The number of thioether (sulfide) groups is 1. The zero-order valence-corrected chi connectivity index (χ0v) is 26.7. The van der Waals surface area contributed by atoms with Crippen LogP contribution in [0.2, 0.25) is 0 Å². The molecule has 0 fully saturated rings. The Labute approximate surface area is 264 Å². The zero-order chi connectivity index (χ0) is 27.6. The maximum atomic E-state index is 4.72. The molecule has 198 valence electrons. The topological polar surface area (TPSA) is 0 Å². The van der Waals surface area contributed by atoms with Gasteiger partial charge >= 0.3 is 0 Å². The van der Waals surface area contributed by atoms with E-state index in [0.717, 1.165) is 5.57 Å².